The van der Waals surface area contributed by atoms with Crippen molar-refractivity contribution in [3.8, 4) is 5.69 Å². The summed E-state index contributed by atoms with van der Waals surface area (Å²) in [4.78, 5) is 11.6. The highest BCUT2D eigenvalue weighted by molar-refractivity contribution is 5.89. The second-order valence-electron chi connectivity index (χ2n) is 4.07. The van der Waals surface area contributed by atoms with Gasteiger partial charge < -0.3 is 10.6 Å². The molecule has 0 radical (unpaired) electrons. The maximum Gasteiger partial charge on any atom is 0.319 e. The van der Waals surface area contributed by atoms with Crippen molar-refractivity contribution in [1.82, 2.24) is 25.5 Å². The monoisotopic (exact) mass is 260 g/mol. The molecule has 0 aliphatic rings. The van der Waals surface area contributed by atoms with Crippen LogP contribution in [0.2, 0.25) is 0 Å². The Bertz CT molecular complexity index is 565. The zero-order valence-corrected chi connectivity index (χ0v) is 10.9. The molecular weight excluding hydrogens is 244 g/mol. The largest absolute Gasteiger partial charge is 0.338 e. The van der Waals surface area contributed by atoms with Crippen LogP contribution in [0.15, 0.2) is 24.3 Å². The molecule has 0 bridgehead atoms. The van der Waals surface area contributed by atoms with Crippen molar-refractivity contribution in [1.29, 1.82) is 0 Å². The van der Waals surface area contributed by atoms with Crippen molar-refractivity contribution in [3.05, 3.63) is 30.1 Å². The van der Waals surface area contributed by atoms with Crippen molar-refractivity contribution < 1.29 is 4.79 Å². The molecule has 0 saturated heterocycles. The number of carbonyl (C=O) groups excluding carboxylic acids is 1. The molecule has 0 aliphatic carbocycles. The minimum Gasteiger partial charge on any atom is -0.338 e. The quantitative estimate of drug-likeness (QED) is 0.872. The minimum absolute atomic E-state index is 0.215. The molecule has 1 aromatic heterocycles. The standard InChI is InChI=1S/C12H16N6O/c1-3-7-13-12(19)14-10-5-4-6-11(8-10)18-9(2)15-16-17-18/h4-6,8H,3,7H2,1-2H3,(H2,13,14,19). The summed E-state index contributed by atoms with van der Waals surface area (Å²) in [5, 5.41) is 16.8. The summed E-state index contributed by atoms with van der Waals surface area (Å²) >= 11 is 0. The molecule has 0 fully saturated rings. The first-order valence-corrected chi connectivity index (χ1v) is 6.11. The van der Waals surface area contributed by atoms with Gasteiger partial charge in [0.15, 0.2) is 5.82 Å². The number of tetrazole rings is 1. The highest BCUT2D eigenvalue weighted by Gasteiger charge is 2.05. The predicted octanol–water partition coefficient (Wildman–Crippen LogP) is 1.50. The lowest BCUT2D eigenvalue weighted by atomic mass is 10.3. The molecule has 2 aromatic rings. The molecule has 0 atom stereocenters. The zero-order chi connectivity index (χ0) is 13.7. The van der Waals surface area contributed by atoms with Crippen molar-refractivity contribution in [2.75, 3.05) is 11.9 Å². The Labute approximate surface area is 111 Å². The van der Waals surface area contributed by atoms with Crippen molar-refractivity contribution >= 4 is 11.7 Å². The highest BCUT2D eigenvalue weighted by Crippen LogP contribution is 2.14. The fourth-order valence-corrected chi connectivity index (χ4v) is 1.60. The molecule has 0 saturated carbocycles. The van der Waals surface area contributed by atoms with Crippen LogP contribution in [0.3, 0.4) is 0 Å². The second kappa shape index (κ2) is 5.94. The molecule has 19 heavy (non-hydrogen) atoms. The van der Waals surface area contributed by atoms with Crippen molar-refractivity contribution in [3.63, 3.8) is 0 Å². The third kappa shape index (κ3) is 3.27. The van der Waals surface area contributed by atoms with E-state index in [1.807, 2.05) is 38.1 Å². The molecule has 1 heterocycles. The van der Waals surface area contributed by atoms with Crippen LogP contribution in [0.5, 0.6) is 0 Å². The fraction of sp³-hybridized carbons (Fsp3) is 0.333. The number of hydrogen-bond donors (Lipinski definition) is 2. The van der Waals surface area contributed by atoms with Gasteiger partial charge in [0.2, 0.25) is 0 Å². The maximum atomic E-state index is 11.6. The van der Waals surface area contributed by atoms with Crippen LogP contribution in [0, 0.1) is 6.92 Å². The summed E-state index contributed by atoms with van der Waals surface area (Å²) in [5.74, 6) is 0.688. The summed E-state index contributed by atoms with van der Waals surface area (Å²) in [7, 11) is 0. The van der Waals surface area contributed by atoms with Gasteiger partial charge in [0.25, 0.3) is 0 Å². The molecule has 0 aliphatic heterocycles. The predicted molar refractivity (Wildman–Crippen MR) is 71.2 cm³/mol. The van der Waals surface area contributed by atoms with Crippen molar-refractivity contribution in [2.24, 2.45) is 0 Å². The molecular formula is C12H16N6O. The number of amides is 2. The molecule has 0 unspecified atom stereocenters. The lowest BCUT2D eigenvalue weighted by Crippen LogP contribution is -2.29. The van der Waals surface area contributed by atoms with Crippen LogP contribution in [-0.2, 0) is 0 Å². The van der Waals surface area contributed by atoms with Gasteiger partial charge in [-0.3, -0.25) is 0 Å². The Morgan fingerprint density at radius 2 is 2.26 bits per heavy atom. The Morgan fingerprint density at radius 1 is 1.42 bits per heavy atom. The molecule has 7 nitrogen and oxygen atoms in total. The van der Waals surface area contributed by atoms with E-state index in [0.29, 0.717) is 18.1 Å². The van der Waals surface area contributed by atoms with Gasteiger partial charge in [-0.1, -0.05) is 13.0 Å². The fourth-order valence-electron chi connectivity index (χ4n) is 1.60. The summed E-state index contributed by atoms with van der Waals surface area (Å²) < 4.78 is 1.61. The van der Waals surface area contributed by atoms with Crippen LogP contribution < -0.4 is 10.6 Å². The molecule has 7 heteroatoms. The SMILES string of the molecule is CCCNC(=O)Nc1cccc(-n2nnnc2C)c1. The first-order chi connectivity index (χ1) is 9.20. The number of urea groups is 1. The smallest absolute Gasteiger partial charge is 0.319 e. The van der Waals surface area contributed by atoms with Gasteiger partial charge in [0, 0.05) is 12.2 Å². The van der Waals surface area contributed by atoms with E-state index in [1.54, 1.807) is 4.68 Å². The van der Waals surface area contributed by atoms with Gasteiger partial charge in [0.05, 0.1) is 5.69 Å². The molecule has 100 valence electrons. The summed E-state index contributed by atoms with van der Waals surface area (Å²) in [5.41, 5.74) is 1.50. The van der Waals surface area contributed by atoms with Gasteiger partial charge in [-0.25, -0.2) is 4.79 Å². The summed E-state index contributed by atoms with van der Waals surface area (Å²) in [6.45, 7) is 4.47. The number of carbonyl (C=O) groups is 1. The number of nitrogens with one attached hydrogen (secondary N) is 2. The van der Waals surface area contributed by atoms with E-state index < -0.39 is 0 Å². The van der Waals surface area contributed by atoms with Crippen LogP contribution in [0.25, 0.3) is 5.69 Å². The number of hydrogen-bond acceptors (Lipinski definition) is 4. The van der Waals surface area contributed by atoms with Crippen LogP contribution in [0.4, 0.5) is 10.5 Å². The Hall–Kier alpha value is -2.44. The maximum absolute atomic E-state index is 11.6. The van der Waals surface area contributed by atoms with E-state index in [9.17, 15) is 4.79 Å². The molecule has 2 N–H and O–H groups in total. The third-order valence-corrected chi connectivity index (χ3v) is 2.51. The Morgan fingerprint density at radius 3 is 2.95 bits per heavy atom. The van der Waals surface area contributed by atoms with Gasteiger partial charge in [-0.15, -0.1) is 5.10 Å². The lowest BCUT2D eigenvalue weighted by molar-refractivity contribution is 0.252. The van der Waals surface area contributed by atoms with E-state index in [-0.39, 0.29) is 6.03 Å². The Kier molecular flexibility index (Phi) is 4.07. The van der Waals surface area contributed by atoms with Gasteiger partial charge >= 0.3 is 6.03 Å². The van der Waals surface area contributed by atoms with E-state index in [1.165, 1.54) is 0 Å². The normalized spacial score (nSPS) is 10.2. The van der Waals surface area contributed by atoms with E-state index >= 15 is 0 Å². The number of anilines is 1. The molecule has 2 rings (SSSR count). The third-order valence-electron chi connectivity index (χ3n) is 2.51. The van der Waals surface area contributed by atoms with Gasteiger partial charge in [0.1, 0.15) is 0 Å². The second-order valence-corrected chi connectivity index (χ2v) is 4.07. The highest BCUT2D eigenvalue weighted by atomic mass is 16.2. The Balaban J connectivity index is 2.12. The van der Waals surface area contributed by atoms with Crippen LogP contribution in [-0.4, -0.2) is 32.8 Å². The summed E-state index contributed by atoms with van der Waals surface area (Å²) in [6.07, 6.45) is 0.900. The first-order valence-electron chi connectivity index (χ1n) is 6.11. The average molecular weight is 260 g/mol. The van der Waals surface area contributed by atoms with E-state index in [2.05, 4.69) is 26.2 Å². The van der Waals surface area contributed by atoms with Gasteiger partial charge in [-0.05, 0) is 42.0 Å². The average Bonchev–Trinajstić information content (AvgIpc) is 2.83. The van der Waals surface area contributed by atoms with E-state index in [0.717, 1.165) is 12.1 Å². The number of nitrogens with zero attached hydrogens (tertiary/aromatic N) is 4. The van der Waals surface area contributed by atoms with Crippen LogP contribution >= 0.6 is 0 Å². The number of rotatable bonds is 4. The molecule has 2 amide bonds. The molecule has 0 spiro atoms. The lowest BCUT2D eigenvalue weighted by Gasteiger charge is -2.08. The number of benzene rings is 1. The number of aromatic nitrogens is 4. The first kappa shape index (κ1) is 13.0. The van der Waals surface area contributed by atoms with Gasteiger partial charge in [-0.2, -0.15) is 4.68 Å². The topological polar surface area (TPSA) is 84.7 Å². The van der Waals surface area contributed by atoms with Crippen molar-refractivity contribution in [2.45, 2.75) is 20.3 Å². The summed E-state index contributed by atoms with van der Waals surface area (Å²) in [6, 6.07) is 7.13. The van der Waals surface area contributed by atoms with Crippen LogP contribution in [0.1, 0.15) is 19.2 Å². The van der Waals surface area contributed by atoms with E-state index in [4.69, 9.17) is 0 Å². The minimum atomic E-state index is -0.215. The zero-order valence-electron chi connectivity index (χ0n) is 10.9. The molecule has 1 aromatic carbocycles. The number of aryl methyl sites for hydroxylation is 1.